The zero-order valence-corrected chi connectivity index (χ0v) is 7.32. The van der Waals surface area contributed by atoms with E-state index < -0.39 is 4.92 Å². The molecule has 7 nitrogen and oxygen atoms in total. The van der Waals surface area contributed by atoms with Crippen molar-refractivity contribution in [1.82, 2.24) is 0 Å². The number of para-hydroxylation sites is 2. The van der Waals surface area contributed by atoms with Crippen molar-refractivity contribution in [3.05, 3.63) is 39.6 Å². The van der Waals surface area contributed by atoms with Gasteiger partial charge in [0.2, 0.25) is 0 Å². The first kappa shape index (κ1) is 10.1. The zero-order valence-electron chi connectivity index (χ0n) is 7.32. The van der Waals surface area contributed by atoms with Crippen molar-refractivity contribution in [3.63, 3.8) is 0 Å². The molecular weight excluding hydrogens is 188 g/mol. The highest BCUT2D eigenvalue weighted by molar-refractivity contribution is 5.62. The summed E-state index contributed by atoms with van der Waals surface area (Å²) in [6.07, 6.45) is 0. The second-order valence-electron chi connectivity index (χ2n) is 2.31. The summed E-state index contributed by atoms with van der Waals surface area (Å²) in [4.78, 5) is 9.85. The van der Waals surface area contributed by atoms with E-state index in [-0.39, 0.29) is 16.5 Å². The molecule has 0 aliphatic heterocycles. The molecule has 1 aromatic rings. The molecule has 14 heavy (non-hydrogen) atoms. The Balaban J connectivity index is 3.12. The van der Waals surface area contributed by atoms with Crippen LogP contribution in [0.25, 0.3) is 0 Å². The number of hydrogen-bond acceptors (Lipinski definition) is 5. The predicted octanol–water partition coefficient (Wildman–Crippen LogP) is 1.90. The van der Waals surface area contributed by atoms with Crippen LogP contribution in [0.5, 0.6) is 0 Å². The Morgan fingerprint density at radius 2 is 2.07 bits per heavy atom. The van der Waals surface area contributed by atoms with Crippen molar-refractivity contribution >= 4 is 11.4 Å². The number of hydrogen-bond donors (Lipinski definition) is 0. The lowest BCUT2D eigenvalue weighted by Gasteiger charge is -2.21. The summed E-state index contributed by atoms with van der Waals surface area (Å²) in [5.41, 5.74) is -0.432. The first-order chi connectivity index (χ1) is 6.66. The first-order valence-electron chi connectivity index (χ1n) is 3.67. The molecule has 1 aromatic carbocycles. The van der Waals surface area contributed by atoms with E-state index in [1.807, 2.05) is 0 Å². The average molecular weight is 195 g/mol. The summed E-state index contributed by atoms with van der Waals surface area (Å²) >= 11 is 0. The van der Waals surface area contributed by atoms with Gasteiger partial charge in [0.15, 0.2) is 0 Å². The molecule has 0 aliphatic carbocycles. The normalized spacial score (nSPS) is 10.4. The average Bonchev–Trinajstić information content (AvgIpc) is 2.18. The second kappa shape index (κ2) is 4.28. The summed E-state index contributed by atoms with van der Waals surface area (Å²) in [5.74, 6) is 0. The van der Waals surface area contributed by atoms with Gasteiger partial charge in [-0.25, -0.2) is 0 Å². The molecule has 0 saturated carbocycles. The topological polar surface area (TPSA) is 94.2 Å². The van der Waals surface area contributed by atoms with Crippen molar-refractivity contribution in [2.75, 3.05) is 12.2 Å². The third-order valence-corrected chi connectivity index (χ3v) is 1.46. The van der Waals surface area contributed by atoms with E-state index >= 15 is 0 Å². The summed E-state index contributed by atoms with van der Waals surface area (Å²) in [6, 6.07) is 5.52. The van der Waals surface area contributed by atoms with Gasteiger partial charge in [0.25, 0.3) is 5.69 Å². The largest absolute Gasteiger partial charge is 0.736 e. The van der Waals surface area contributed by atoms with E-state index in [4.69, 9.17) is 0 Å². The molecule has 7 heteroatoms. The fourth-order valence-corrected chi connectivity index (χ4v) is 0.910. The Bertz CT molecular complexity index is 366. The van der Waals surface area contributed by atoms with E-state index in [1.165, 1.54) is 31.3 Å². The van der Waals surface area contributed by atoms with Crippen LogP contribution in [-0.4, -0.2) is 12.0 Å². The van der Waals surface area contributed by atoms with Gasteiger partial charge in [-0.3, -0.25) is 10.1 Å². The molecule has 0 atom stereocenters. The number of nitro benzene ring substituents is 1. The number of anilines is 1. The molecule has 0 N–H and O–H groups in total. The van der Waals surface area contributed by atoms with E-state index in [1.54, 1.807) is 0 Å². The van der Waals surface area contributed by atoms with Crippen LogP contribution in [-0.2, 0) is 0 Å². The molecule has 0 saturated heterocycles. The molecule has 0 aliphatic rings. The predicted molar refractivity (Wildman–Crippen MR) is 49.7 cm³/mol. The molecule has 1 rings (SSSR count). The SMILES string of the molecule is CN=NN([O-])c1ccccc1[N+](=O)[O-]. The highest BCUT2D eigenvalue weighted by atomic mass is 16.6. The summed E-state index contributed by atoms with van der Waals surface area (Å²) in [7, 11) is 1.31. The third kappa shape index (κ3) is 2.02. The molecule has 0 fully saturated rings. The van der Waals surface area contributed by atoms with Crippen LogP contribution in [0, 0.1) is 15.3 Å². The van der Waals surface area contributed by atoms with Crippen LogP contribution in [0.3, 0.4) is 0 Å². The minimum atomic E-state index is -0.647. The van der Waals surface area contributed by atoms with E-state index in [0.29, 0.717) is 0 Å². The Morgan fingerprint density at radius 3 is 2.64 bits per heavy atom. The van der Waals surface area contributed by atoms with Crippen molar-refractivity contribution in [1.29, 1.82) is 0 Å². The molecule has 0 unspecified atom stereocenters. The standard InChI is InChI=1S/C7H7N4O3/c1-8-9-10(12)6-4-2-3-5-7(6)11(13)14/h2-5H,1H3/q-1. The smallest absolute Gasteiger partial charge is 0.293 e. The number of nitro groups is 1. The summed E-state index contributed by atoms with van der Waals surface area (Å²) < 4.78 is 0. The number of benzene rings is 1. The molecule has 74 valence electrons. The highest BCUT2D eigenvalue weighted by Crippen LogP contribution is 2.26. The molecule has 0 bridgehead atoms. The summed E-state index contributed by atoms with van der Waals surface area (Å²) in [6.45, 7) is 0. The van der Waals surface area contributed by atoms with Gasteiger partial charge in [-0.15, -0.1) is 0 Å². The molecular formula is C7H7N4O3-. The molecule has 0 radical (unpaired) electrons. The maximum Gasteiger partial charge on any atom is 0.293 e. The molecule has 0 amide bonds. The fraction of sp³-hybridized carbons (Fsp3) is 0.143. The molecule has 0 heterocycles. The zero-order chi connectivity index (χ0) is 10.6. The number of nitrogens with zero attached hydrogens (tertiary/aromatic N) is 4. The first-order valence-corrected chi connectivity index (χ1v) is 3.67. The van der Waals surface area contributed by atoms with Crippen molar-refractivity contribution in [2.45, 2.75) is 0 Å². The third-order valence-electron chi connectivity index (χ3n) is 1.46. The maximum atomic E-state index is 11.1. The highest BCUT2D eigenvalue weighted by Gasteiger charge is 2.12. The van der Waals surface area contributed by atoms with Crippen LogP contribution < -0.4 is 5.17 Å². The van der Waals surface area contributed by atoms with Crippen molar-refractivity contribution in [2.24, 2.45) is 10.3 Å². The van der Waals surface area contributed by atoms with Gasteiger partial charge < -0.3 is 10.4 Å². The lowest BCUT2D eigenvalue weighted by molar-refractivity contribution is -0.384. The van der Waals surface area contributed by atoms with Crippen LogP contribution in [0.1, 0.15) is 0 Å². The van der Waals surface area contributed by atoms with Gasteiger partial charge in [-0.2, -0.15) is 5.11 Å². The maximum absolute atomic E-state index is 11.1. The monoisotopic (exact) mass is 195 g/mol. The van der Waals surface area contributed by atoms with Gasteiger partial charge in [-0.1, -0.05) is 17.4 Å². The Morgan fingerprint density at radius 1 is 1.43 bits per heavy atom. The molecule has 0 spiro atoms. The Hall–Kier alpha value is -2.02. The van der Waals surface area contributed by atoms with Crippen LogP contribution in [0.15, 0.2) is 34.6 Å². The quantitative estimate of drug-likeness (QED) is 0.418. The van der Waals surface area contributed by atoms with E-state index in [9.17, 15) is 15.3 Å². The van der Waals surface area contributed by atoms with Gasteiger partial charge >= 0.3 is 0 Å². The van der Waals surface area contributed by atoms with Gasteiger partial charge in [0.05, 0.1) is 12.0 Å². The van der Waals surface area contributed by atoms with Crippen LogP contribution in [0.4, 0.5) is 11.4 Å². The fourth-order valence-electron chi connectivity index (χ4n) is 0.910. The number of rotatable bonds is 3. The lowest BCUT2D eigenvalue weighted by atomic mass is 10.3. The minimum Gasteiger partial charge on any atom is -0.736 e. The van der Waals surface area contributed by atoms with Gasteiger partial charge in [0.1, 0.15) is 5.69 Å². The van der Waals surface area contributed by atoms with Crippen LogP contribution >= 0.6 is 0 Å². The Kier molecular flexibility index (Phi) is 3.08. The van der Waals surface area contributed by atoms with Gasteiger partial charge in [-0.05, 0) is 6.07 Å². The summed E-state index contributed by atoms with van der Waals surface area (Å²) in [5, 5.41) is 28.1. The van der Waals surface area contributed by atoms with Gasteiger partial charge in [0, 0.05) is 6.07 Å². The Labute approximate surface area is 79.4 Å². The van der Waals surface area contributed by atoms with Crippen molar-refractivity contribution < 1.29 is 4.92 Å². The van der Waals surface area contributed by atoms with E-state index in [0.717, 1.165) is 0 Å². The van der Waals surface area contributed by atoms with Crippen molar-refractivity contribution in [3.8, 4) is 0 Å². The molecule has 0 aromatic heterocycles. The lowest BCUT2D eigenvalue weighted by Crippen LogP contribution is -2.07. The minimum absolute atomic E-state index is 0.109. The van der Waals surface area contributed by atoms with E-state index in [2.05, 4.69) is 10.3 Å². The second-order valence-corrected chi connectivity index (χ2v) is 2.31. The van der Waals surface area contributed by atoms with Crippen LogP contribution in [0.2, 0.25) is 0 Å².